The summed E-state index contributed by atoms with van der Waals surface area (Å²) >= 11 is 0. The number of methoxy groups -OCH3 is 1. The molecule has 4 heteroatoms. The van der Waals surface area contributed by atoms with Gasteiger partial charge in [0.25, 0.3) is 0 Å². The number of rotatable bonds is 4. The van der Waals surface area contributed by atoms with Crippen LogP contribution in [0.15, 0.2) is 42.5 Å². The average molecular weight is 270 g/mol. The number of hydrogen-bond acceptors (Lipinski definition) is 3. The number of Topliss-reactive ketones (excluding diaryl/α,β-unsaturated/α-hetero) is 1. The van der Waals surface area contributed by atoms with Crippen molar-refractivity contribution in [2.75, 3.05) is 7.11 Å². The van der Waals surface area contributed by atoms with Crippen molar-refractivity contribution in [1.82, 2.24) is 0 Å². The van der Waals surface area contributed by atoms with Crippen molar-refractivity contribution in [3.63, 3.8) is 0 Å². The molecule has 0 aliphatic heterocycles. The van der Waals surface area contributed by atoms with Crippen LogP contribution in [0.4, 0.5) is 0 Å². The van der Waals surface area contributed by atoms with Crippen LogP contribution < -0.4 is 4.74 Å². The normalized spacial score (nSPS) is 10.1. The van der Waals surface area contributed by atoms with Gasteiger partial charge in [0.2, 0.25) is 0 Å². The zero-order chi connectivity index (χ0) is 14.7. The summed E-state index contributed by atoms with van der Waals surface area (Å²) in [5, 5.41) is 9.18. The lowest BCUT2D eigenvalue weighted by molar-refractivity contribution is 0.0693. The van der Waals surface area contributed by atoms with Gasteiger partial charge in [-0.2, -0.15) is 0 Å². The molecule has 0 heterocycles. The van der Waals surface area contributed by atoms with Crippen molar-refractivity contribution >= 4 is 11.8 Å². The fourth-order valence-corrected chi connectivity index (χ4v) is 2.06. The van der Waals surface area contributed by atoms with Crippen LogP contribution in [0.2, 0.25) is 0 Å². The molecule has 2 rings (SSSR count). The van der Waals surface area contributed by atoms with E-state index in [0.29, 0.717) is 16.9 Å². The second-order valence-electron chi connectivity index (χ2n) is 4.33. The standard InChI is InChI=1S/C16H14O4/c1-10(17)11-5-3-6-12(9-11)13-7-4-8-14(16(18)19)15(13)20-2/h3-9H,1-2H3,(H,18,19). The summed E-state index contributed by atoms with van der Waals surface area (Å²) in [6.45, 7) is 1.49. The van der Waals surface area contributed by atoms with Gasteiger partial charge in [0.05, 0.1) is 7.11 Å². The van der Waals surface area contributed by atoms with Gasteiger partial charge in [0.1, 0.15) is 11.3 Å². The maximum absolute atomic E-state index is 11.4. The third-order valence-corrected chi connectivity index (χ3v) is 3.03. The first kappa shape index (κ1) is 13.8. The van der Waals surface area contributed by atoms with E-state index in [2.05, 4.69) is 0 Å². The third-order valence-electron chi connectivity index (χ3n) is 3.03. The van der Waals surface area contributed by atoms with Crippen LogP contribution in [-0.2, 0) is 0 Å². The van der Waals surface area contributed by atoms with Gasteiger partial charge in [-0.25, -0.2) is 4.79 Å². The Hall–Kier alpha value is -2.62. The van der Waals surface area contributed by atoms with Crippen LogP contribution in [0.5, 0.6) is 5.75 Å². The van der Waals surface area contributed by atoms with Gasteiger partial charge in [-0.05, 0) is 24.6 Å². The predicted molar refractivity (Wildman–Crippen MR) is 75.4 cm³/mol. The predicted octanol–water partition coefficient (Wildman–Crippen LogP) is 3.26. The van der Waals surface area contributed by atoms with E-state index in [9.17, 15) is 14.7 Å². The Labute approximate surface area is 116 Å². The molecular formula is C16H14O4. The van der Waals surface area contributed by atoms with Crippen molar-refractivity contribution < 1.29 is 19.4 Å². The number of ether oxygens (including phenoxy) is 1. The van der Waals surface area contributed by atoms with Crippen molar-refractivity contribution in [2.24, 2.45) is 0 Å². The van der Waals surface area contributed by atoms with E-state index in [4.69, 9.17) is 4.74 Å². The second-order valence-corrected chi connectivity index (χ2v) is 4.33. The van der Waals surface area contributed by atoms with Gasteiger partial charge in [-0.1, -0.05) is 30.3 Å². The van der Waals surface area contributed by atoms with Crippen LogP contribution in [0, 0.1) is 0 Å². The molecule has 0 saturated heterocycles. The van der Waals surface area contributed by atoms with E-state index in [1.165, 1.54) is 20.1 Å². The SMILES string of the molecule is COc1c(C(=O)O)cccc1-c1cccc(C(C)=O)c1. The molecule has 2 aromatic rings. The maximum atomic E-state index is 11.4. The Kier molecular flexibility index (Phi) is 3.84. The topological polar surface area (TPSA) is 63.6 Å². The lowest BCUT2D eigenvalue weighted by Gasteiger charge is -2.12. The molecule has 4 nitrogen and oxygen atoms in total. The molecule has 0 amide bonds. The van der Waals surface area contributed by atoms with Crippen molar-refractivity contribution in [2.45, 2.75) is 6.92 Å². The van der Waals surface area contributed by atoms with Gasteiger partial charge < -0.3 is 9.84 Å². The summed E-state index contributed by atoms with van der Waals surface area (Å²) in [7, 11) is 1.43. The molecule has 0 bridgehead atoms. The summed E-state index contributed by atoms with van der Waals surface area (Å²) in [5.41, 5.74) is 2.07. The van der Waals surface area contributed by atoms with E-state index in [1.807, 2.05) is 6.07 Å². The Morgan fingerprint density at radius 3 is 2.40 bits per heavy atom. The van der Waals surface area contributed by atoms with E-state index in [-0.39, 0.29) is 11.3 Å². The molecule has 102 valence electrons. The summed E-state index contributed by atoms with van der Waals surface area (Å²) in [6, 6.07) is 11.9. The van der Waals surface area contributed by atoms with Gasteiger partial charge >= 0.3 is 5.97 Å². The Balaban J connectivity index is 2.63. The molecule has 0 spiro atoms. The largest absolute Gasteiger partial charge is 0.495 e. The third kappa shape index (κ3) is 2.54. The highest BCUT2D eigenvalue weighted by Gasteiger charge is 2.16. The van der Waals surface area contributed by atoms with E-state index in [0.717, 1.165) is 5.56 Å². The summed E-state index contributed by atoms with van der Waals surface area (Å²) in [5.74, 6) is -0.799. The van der Waals surface area contributed by atoms with Gasteiger partial charge in [0, 0.05) is 11.1 Å². The zero-order valence-corrected chi connectivity index (χ0v) is 11.2. The lowest BCUT2D eigenvalue weighted by atomic mass is 9.98. The first-order valence-corrected chi connectivity index (χ1v) is 6.06. The van der Waals surface area contributed by atoms with E-state index >= 15 is 0 Å². The highest BCUT2D eigenvalue weighted by molar-refractivity contribution is 5.97. The molecule has 0 aromatic heterocycles. The van der Waals surface area contributed by atoms with E-state index < -0.39 is 5.97 Å². The fraction of sp³-hybridized carbons (Fsp3) is 0.125. The number of ketones is 1. The van der Waals surface area contributed by atoms with Gasteiger partial charge in [-0.15, -0.1) is 0 Å². The van der Waals surface area contributed by atoms with Gasteiger partial charge in [0.15, 0.2) is 5.78 Å². The number of carboxylic acids is 1. The maximum Gasteiger partial charge on any atom is 0.339 e. The quantitative estimate of drug-likeness (QED) is 0.866. The number of benzene rings is 2. The molecule has 0 aliphatic rings. The molecule has 20 heavy (non-hydrogen) atoms. The van der Waals surface area contributed by atoms with Crippen LogP contribution in [0.25, 0.3) is 11.1 Å². The van der Waals surface area contributed by atoms with Crippen molar-refractivity contribution in [3.05, 3.63) is 53.6 Å². The Bertz CT molecular complexity index is 674. The Morgan fingerprint density at radius 1 is 1.10 bits per heavy atom. The van der Waals surface area contributed by atoms with Crippen LogP contribution in [0.3, 0.4) is 0 Å². The molecule has 2 aromatic carbocycles. The number of carbonyl (C=O) groups is 2. The highest BCUT2D eigenvalue weighted by Crippen LogP contribution is 2.33. The monoisotopic (exact) mass is 270 g/mol. The number of para-hydroxylation sites is 1. The number of carbonyl (C=O) groups excluding carboxylic acids is 1. The van der Waals surface area contributed by atoms with E-state index in [1.54, 1.807) is 30.3 Å². The van der Waals surface area contributed by atoms with Crippen LogP contribution >= 0.6 is 0 Å². The second kappa shape index (κ2) is 5.57. The molecule has 0 radical (unpaired) electrons. The first-order chi connectivity index (χ1) is 9.54. The van der Waals surface area contributed by atoms with Crippen molar-refractivity contribution in [3.8, 4) is 16.9 Å². The molecule has 0 unspecified atom stereocenters. The molecular weight excluding hydrogens is 256 g/mol. The smallest absolute Gasteiger partial charge is 0.339 e. The minimum Gasteiger partial charge on any atom is -0.495 e. The number of hydrogen-bond donors (Lipinski definition) is 1. The zero-order valence-electron chi connectivity index (χ0n) is 11.2. The molecule has 0 atom stereocenters. The lowest BCUT2D eigenvalue weighted by Crippen LogP contribution is -2.02. The first-order valence-electron chi connectivity index (χ1n) is 6.06. The minimum atomic E-state index is -1.05. The minimum absolute atomic E-state index is 0.0415. The Morgan fingerprint density at radius 2 is 1.80 bits per heavy atom. The highest BCUT2D eigenvalue weighted by atomic mass is 16.5. The van der Waals surface area contributed by atoms with Crippen LogP contribution in [0.1, 0.15) is 27.6 Å². The molecule has 0 saturated carbocycles. The van der Waals surface area contributed by atoms with Crippen molar-refractivity contribution in [1.29, 1.82) is 0 Å². The number of carboxylic acid groups (broad SMARTS) is 1. The molecule has 0 aliphatic carbocycles. The summed E-state index contributed by atoms with van der Waals surface area (Å²) < 4.78 is 5.23. The molecule has 1 N–H and O–H groups in total. The number of aromatic carboxylic acids is 1. The van der Waals surface area contributed by atoms with Gasteiger partial charge in [-0.3, -0.25) is 4.79 Å². The average Bonchev–Trinajstić information content (AvgIpc) is 2.46. The summed E-state index contributed by atoms with van der Waals surface area (Å²) in [4.78, 5) is 22.6. The fourth-order valence-electron chi connectivity index (χ4n) is 2.06. The van der Waals surface area contributed by atoms with Crippen LogP contribution in [-0.4, -0.2) is 24.0 Å². The summed E-state index contributed by atoms with van der Waals surface area (Å²) in [6.07, 6.45) is 0. The molecule has 0 fully saturated rings.